The third-order valence-electron chi connectivity index (χ3n) is 2.32. The van der Waals surface area contributed by atoms with Crippen LogP contribution in [0.2, 0.25) is 5.02 Å². The molecule has 1 N–H and O–H groups in total. The summed E-state index contributed by atoms with van der Waals surface area (Å²) in [5.41, 5.74) is 0.515. The Morgan fingerprint density at radius 2 is 2.12 bits per heavy atom. The lowest BCUT2D eigenvalue weighted by molar-refractivity contribution is 0.185. The van der Waals surface area contributed by atoms with Gasteiger partial charge in [0.1, 0.15) is 17.6 Å². The zero-order valence-corrected chi connectivity index (χ0v) is 9.44. The molecule has 2 aromatic rings. The Kier molecular flexibility index (Phi) is 3.17. The van der Waals surface area contributed by atoms with Crippen molar-refractivity contribution in [1.82, 2.24) is 0 Å². The number of ether oxygens (including phenoxy) is 1. The van der Waals surface area contributed by atoms with Crippen LogP contribution in [0.5, 0.6) is 5.75 Å². The third kappa shape index (κ3) is 1.92. The molecule has 3 nitrogen and oxygen atoms in total. The van der Waals surface area contributed by atoms with Crippen molar-refractivity contribution in [3.05, 3.63) is 52.9 Å². The van der Waals surface area contributed by atoms with Crippen LogP contribution in [0.15, 0.2) is 41.0 Å². The molecule has 1 aromatic carbocycles. The second-order valence-corrected chi connectivity index (χ2v) is 3.68. The van der Waals surface area contributed by atoms with E-state index in [1.54, 1.807) is 30.3 Å². The number of aliphatic hydroxyl groups excluding tert-OH is 1. The van der Waals surface area contributed by atoms with E-state index in [0.29, 0.717) is 22.1 Å². The van der Waals surface area contributed by atoms with Gasteiger partial charge in [-0.15, -0.1) is 0 Å². The van der Waals surface area contributed by atoms with E-state index in [9.17, 15) is 5.11 Å². The third-order valence-corrected chi connectivity index (χ3v) is 2.65. The minimum atomic E-state index is -0.918. The summed E-state index contributed by atoms with van der Waals surface area (Å²) in [5, 5.41) is 10.6. The summed E-state index contributed by atoms with van der Waals surface area (Å²) in [5.74, 6) is 0.975. The SMILES string of the molecule is COc1cccc(Cl)c1C(O)c1ccco1. The van der Waals surface area contributed by atoms with Crippen LogP contribution in [0.25, 0.3) is 0 Å². The maximum Gasteiger partial charge on any atom is 0.142 e. The second kappa shape index (κ2) is 4.60. The number of benzene rings is 1. The van der Waals surface area contributed by atoms with E-state index in [-0.39, 0.29) is 0 Å². The van der Waals surface area contributed by atoms with E-state index in [4.69, 9.17) is 20.8 Å². The molecule has 1 heterocycles. The molecule has 0 aliphatic rings. The van der Waals surface area contributed by atoms with Crippen molar-refractivity contribution in [1.29, 1.82) is 0 Å². The fourth-order valence-electron chi connectivity index (χ4n) is 1.55. The summed E-state index contributed by atoms with van der Waals surface area (Å²) < 4.78 is 10.3. The van der Waals surface area contributed by atoms with E-state index in [2.05, 4.69) is 0 Å². The fourth-order valence-corrected chi connectivity index (χ4v) is 1.82. The van der Waals surface area contributed by atoms with Gasteiger partial charge in [-0.25, -0.2) is 0 Å². The maximum atomic E-state index is 10.1. The second-order valence-electron chi connectivity index (χ2n) is 3.27. The van der Waals surface area contributed by atoms with Gasteiger partial charge in [-0.1, -0.05) is 17.7 Å². The lowest BCUT2D eigenvalue weighted by Crippen LogP contribution is -2.02. The van der Waals surface area contributed by atoms with Crippen LogP contribution in [-0.4, -0.2) is 12.2 Å². The Bertz CT molecular complexity index is 465. The highest BCUT2D eigenvalue weighted by Crippen LogP contribution is 2.35. The number of methoxy groups -OCH3 is 1. The number of hydrogen-bond acceptors (Lipinski definition) is 3. The average Bonchev–Trinajstić information content (AvgIpc) is 2.81. The Morgan fingerprint density at radius 1 is 1.31 bits per heavy atom. The monoisotopic (exact) mass is 238 g/mol. The predicted molar refractivity (Wildman–Crippen MR) is 60.8 cm³/mol. The van der Waals surface area contributed by atoms with Gasteiger partial charge >= 0.3 is 0 Å². The summed E-state index contributed by atoms with van der Waals surface area (Å²) in [7, 11) is 1.53. The predicted octanol–water partition coefficient (Wildman–Crippen LogP) is 3.02. The number of rotatable bonds is 3. The Balaban J connectivity index is 2.47. The van der Waals surface area contributed by atoms with Crippen LogP contribution in [0.3, 0.4) is 0 Å². The first kappa shape index (κ1) is 11.0. The van der Waals surface area contributed by atoms with E-state index in [1.165, 1.54) is 13.4 Å². The van der Waals surface area contributed by atoms with Gasteiger partial charge in [0.15, 0.2) is 0 Å². The van der Waals surface area contributed by atoms with Crippen molar-refractivity contribution < 1.29 is 14.3 Å². The molecule has 0 bridgehead atoms. The first-order chi connectivity index (χ1) is 7.74. The van der Waals surface area contributed by atoms with Crippen LogP contribution in [0.1, 0.15) is 17.4 Å². The van der Waals surface area contributed by atoms with Gasteiger partial charge in [0.05, 0.1) is 18.4 Å². The topological polar surface area (TPSA) is 42.6 Å². The molecule has 0 radical (unpaired) electrons. The summed E-state index contributed by atoms with van der Waals surface area (Å²) >= 11 is 6.04. The van der Waals surface area contributed by atoms with E-state index in [1.807, 2.05) is 0 Å². The van der Waals surface area contributed by atoms with Crippen LogP contribution >= 0.6 is 11.6 Å². The van der Waals surface area contributed by atoms with Crippen LogP contribution in [-0.2, 0) is 0 Å². The lowest BCUT2D eigenvalue weighted by atomic mass is 10.1. The molecule has 0 saturated heterocycles. The van der Waals surface area contributed by atoms with Crippen LogP contribution in [0, 0.1) is 0 Å². The zero-order valence-electron chi connectivity index (χ0n) is 8.68. The highest BCUT2D eigenvalue weighted by Gasteiger charge is 2.20. The minimum Gasteiger partial charge on any atom is -0.496 e. The Morgan fingerprint density at radius 3 is 2.75 bits per heavy atom. The van der Waals surface area contributed by atoms with E-state index in [0.717, 1.165) is 0 Å². The van der Waals surface area contributed by atoms with E-state index < -0.39 is 6.10 Å². The number of hydrogen-bond donors (Lipinski definition) is 1. The summed E-state index contributed by atoms with van der Waals surface area (Å²) in [6.07, 6.45) is 0.584. The van der Waals surface area contributed by atoms with Gasteiger partial charge in [-0.2, -0.15) is 0 Å². The van der Waals surface area contributed by atoms with Crippen LogP contribution in [0.4, 0.5) is 0 Å². The van der Waals surface area contributed by atoms with Gasteiger partial charge in [0, 0.05) is 5.56 Å². The van der Waals surface area contributed by atoms with Gasteiger partial charge in [-0.3, -0.25) is 0 Å². The van der Waals surface area contributed by atoms with Gasteiger partial charge in [0.25, 0.3) is 0 Å². The minimum absolute atomic E-state index is 0.436. The highest BCUT2D eigenvalue weighted by atomic mass is 35.5. The quantitative estimate of drug-likeness (QED) is 0.894. The van der Waals surface area contributed by atoms with Crippen molar-refractivity contribution in [3.63, 3.8) is 0 Å². The standard InChI is InChI=1S/C12H11ClO3/c1-15-9-5-2-4-8(13)11(9)12(14)10-6-3-7-16-10/h2-7,12,14H,1H3. The average molecular weight is 239 g/mol. The van der Waals surface area contributed by atoms with Crippen molar-refractivity contribution in [3.8, 4) is 5.75 Å². The molecule has 16 heavy (non-hydrogen) atoms. The first-order valence-electron chi connectivity index (χ1n) is 4.78. The number of furan rings is 1. The molecular formula is C12H11ClO3. The summed E-state index contributed by atoms with van der Waals surface area (Å²) in [4.78, 5) is 0. The summed E-state index contributed by atoms with van der Waals surface area (Å²) in [6.45, 7) is 0. The smallest absolute Gasteiger partial charge is 0.142 e. The Hall–Kier alpha value is -1.45. The molecule has 1 unspecified atom stereocenters. The van der Waals surface area contributed by atoms with Gasteiger partial charge in [0.2, 0.25) is 0 Å². The lowest BCUT2D eigenvalue weighted by Gasteiger charge is -2.14. The normalized spacial score (nSPS) is 12.4. The molecule has 0 amide bonds. The fraction of sp³-hybridized carbons (Fsp3) is 0.167. The molecule has 1 atom stereocenters. The molecule has 0 fully saturated rings. The number of halogens is 1. The van der Waals surface area contributed by atoms with Gasteiger partial charge < -0.3 is 14.3 Å². The largest absolute Gasteiger partial charge is 0.496 e. The molecule has 0 spiro atoms. The van der Waals surface area contributed by atoms with Crippen molar-refractivity contribution in [2.24, 2.45) is 0 Å². The Labute approximate surface area is 98.2 Å². The van der Waals surface area contributed by atoms with Crippen LogP contribution < -0.4 is 4.74 Å². The number of aliphatic hydroxyl groups is 1. The zero-order chi connectivity index (χ0) is 11.5. The first-order valence-corrected chi connectivity index (χ1v) is 5.15. The van der Waals surface area contributed by atoms with Gasteiger partial charge in [-0.05, 0) is 24.3 Å². The van der Waals surface area contributed by atoms with Crippen molar-refractivity contribution in [2.75, 3.05) is 7.11 Å². The molecule has 0 aliphatic heterocycles. The molecule has 84 valence electrons. The van der Waals surface area contributed by atoms with Crippen molar-refractivity contribution in [2.45, 2.75) is 6.10 Å². The highest BCUT2D eigenvalue weighted by molar-refractivity contribution is 6.31. The molecule has 0 aliphatic carbocycles. The maximum absolute atomic E-state index is 10.1. The van der Waals surface area contributed by atoms with Crippen molar-refractivity contribution >= 4 is 11.6 Å². The molecule has 2 rings (SSSR count). The molecular weight excluding hydrogens is 228 g/mol. The summed E-state index contributed by atoms with van der Waals surface area (Å²) in [6, 6.07) is 8.60. The molecule has 0 saturated carbocycles. The van der Waals surface area contributed by atoms with E-state index >= 15 is 0 Å². The molecule has 1 aromatic heterocycles. The molecule has 4 heteroatoms.